The average molecular weight is 198 g/mol. The molecule has 14 heavy (non-hydrogen) atoms. The molecule has 2 N–H and O–H groups in total. The smallest absolute Gasteiger partial charge is 0.220 e. The second-order valence-corrected chi connectivity index (χ2v) is 4.57. The first kappa shape index (κ1) is 9.93. The summed E-state index contributed by atoms with van der Waals surface area (Å²) in [5.41, 5.74) is 0. The van der Waals surface area contributed by atoms with E-state index in [0.29, 0.717) is 18.4 Å². The van der Waals surface area contributed by atoms with Gasteiger partial charge in [0.1, 0.15) is 0 Å². The zero-order valence-electron chi connectivity index (χ0n) is 8.57. The van der Waals surface area contributed by atoms with Crippen LogP contribution in [0.25, 0.3) is 0 Å². The normalized spacial score (nSPS) is 39.0. The monoisotopic (exact) mass is 198 g/mol. The first-order valence-electron chi connectivity index (χ1n) is 5.34. The molecule has 0 saturated carbocycles. The lowest BCUT2D eigenvalue weighted by atomic mass is 10.1. The highest BCUT2D eigenvalue weighted by atomic mass is 16.3. The molecule has 2 aliphatic rings. The van der Waals surface area contributed by atoms with Crippen LogP contribution in [0.3, 0.4) is 0 Å². The number of amides is 1. The lowest BCUT2D eigenvalue weighted by Crippen LogP contribution is -2.33. The summed E-state index contributed by atoms with van der Waals surface area (Å²) >= 11 is 0. The van der Waals surface area contributed by atoms with Crippen LogP contribution in [-0.2, 0) is 4.79 Å². The minimum Gasteiger partial charge on any atom is -0.392 e. The summed E-state index contributed by atoms with van der Waals surface area (Å²) in [7, 11) is 0. The fourth-order valence-electron chi connectivity index (χ4n) is 2.45. The third-order valence-electron chi connectivity index (χ3n) is 3.24. The van der Waals surface area contributed by atoms with Gasteiger partial charge in [0.2, 0.25) is 5.91 Å². The molecule has 2 rings (SSSR count). The number of aliphatic hydroxyl groups is 1. The number of nitrogens with zero attached hydrogens (tertiary/aromatic N) is 1. The van der Waals surface area contributed by atoms with Gasteiger partial charge in [-0.3, -0.25) is 9.69 Å². The van der Waals surface area contributed by atoms with E-state index in [1.54, 1.807) is 0 Å². The Balaban J connectivity index is 1.82. The van der Waals surface area contributed by atoms with Crippen LogP contribution in [0, 0.1) is 5.92 Å². The molecule has 1 amide bonds. The van der Waals surface area contributed by atoms with E-state index < -0.39 is 0 Å². The number of likely N-dealkylation sites (tertiary alicyclic amines) is 1. The van der Waals surface area contributed by atoms with Crippen molar-refractivity contribution in [2.75, 3.05) is 19.6 Å². The Bertz CT molecular complexity index is 232. The van der Waals surface area contributed by atoms with Crippen molar-refractivity contribution in [1.82, 2.24) is 10.2 Å². The number of rotatable bonds is 2. The number of nitrogens with one attached hydrogen (secondary N) is 1. The standard InChI is InChI=1S/C10H18N2O2/c1-7-2-9(13)6-12(7)5-8-3-10(14)11-4-8/h7-9,13H,2-6H2,1H3,(H,11,14). The maximum atomic E-state index is 11.0. The van der Waals surface area contributed by atoms with Gasteiger partial charge in [-0.25, -0.2) is 0 Å². The predicted molar refractivity (Wildman–Crippen MR) is 52.8 cm³/mol. The van der Waals surface area contributed by atoms with E-state index in [9.17, 15) is 9.90 Å². The summed E-state index contributed by atoms with van der Waals surface area (Å²) in [4.78, 5) is 13.3. The first-order valence-corrected chi connectivity index (χ1v) is 5.34. The molecule has 0 aromatic carbocycles. The average Bonchev–Trinajstić information content (AvgIpc) is 2.61. The summed E-state index contributed by atoms with van der Waals surface area (Å²) in [6.07, 6.45) is 1.35. The molecule has 2 fully saturated rings. The van der Waals surface area contributed by atoms with E-state index in [2.05, 4.69) is 17.1 Å². The van der Waals surface area contributed by atoms with Crippen molar-refractivity contribution >= 4 is 5.91 Å². The van der Waals surface area contributed by atoms with Crippen LogP contribution in [0.2, 0.25) is 0 Å². The molecule has 4 nitrogen and oxygen atoms in total. The first-order chi connectivity index (χ1) is 6.65. The van der Waals surface area contributed by atoms with Crippen molar-refractivity contribution in [3.05, 3.63) is 0 Å². The molecular weight excluding hydrogens is 180 g/mol. The number of carbonyl (C=O) groups excluding carboxylic acids is 1. The van der Waals surface area contributed by atoms with Crippen molar-refractivity contribution in [3.8, 4) is 0 Å². The maximum Gasteiger partial charge on any atom is 0.220 e. The highest BCUT2D eigenvalue weighted by Crippen LogP contribution is 2.20. The molecule has 0 bridgehead atoms. The lowest BCUT2D eigenvalue weighted by Gasteiger charge is -2.23. The van der Waals surface area contributed by atoms with Crippen LogP contribution in [0.5, 0.6) is 0 Å². The molecule has 3 unspecified atom stereocenters. The van der Waals surface area contributed by atoms with Crippen molar-refractivity contribution in [2.24, 2.45) is 5.92 Å². The second-order valence-electron chi connectivity index (χ2n) is 4.57. The Morgan fingerprint density at radius 2 is 2.43 bits per heavy atom. The van der Waals surface area contributed by atoms with Crippen LogP contribution in [-0.4, -0.2) is 47.7 Å². The second kappa shape index (κ2) is 3.87. The summed E-state index contributed by atoms with van der Waals surface area (Å²) in [5, 5.41) is 12.3. The van der Waals surface area contributed by atoms with Crippen LogP contribution >= 0.6 is 0 Å². The van der Waals surface area contributed by atoms with E-state index in [0.717, 1.165) is 26.1 Å². The maximum absolute atomic E-state index is 11.0. The fraction of sp³-hybridized carbons (Fsp3) is 0.900. The van der Waals surface area contributed by atoms with Crippen molar-refractivity contribution in [2.45, 2.75) is 31.9 Å². The molecule has 80 valence electrons. The molecule has 0 aromatic heterocycles. The van der Waals surface area contributed by atoms with Crippen LogP contribution in [0.1, 0.15) is 19.8 Å². The van der Waals surface area contributed by atoms with Crippen LogP contribution in [0.4, 0.5) is 0 Å². The lowest BCUT2D eigenvalue weighted by molar-refractivity contribution is -0.119. The van der Waals surface area contributed by atoms with Gasteiger partial charge in [0, 0.05) is 32.1 Å². The van der Waals surface area contributed by atoms with E-state index in [-0.39, 0.29) is 12.0 Å². The Morgan fingerprint density at radius 3 is 2.93 bits per heavy atom. The zero-order chi connectivity index (χ0) is 10.1. The number of β-amino-alcohol motifs (C(OH)–C–C–N with tert-alkyl or cyclic N) is 1. The predicted octanol–water partition coefficient (Wildman–Crippen LogP) is -0.422. The van der Waals surface area contributed by atoms with Gasteiger partial charge in [-0.15, -0.1) is 0 Å². The van der Waals surface area contributed by atoms with E-state index in [1.165, 1.54) is 0 Å². The molecule has 4 heteroatoms. The number of hydrogen-bond acceptors (Lipinski definition) is 3. The van der Waals surface area contributed by atoms with Crippen molar-refractivity contribution in [3.63, 3.8) is 0 Å². The summed E-state index contributed by atoms with van der Waals surface area (Å²) in [6, 6.07) is 0.459. The highest BCUT2D eigenvalue weighted by molar-refractivity contribution is 5.78. The Hall–Kier alpha value is -0.610. The van der Waals surface area contributed by atoms with Crippen LogP contribution in [0.15, 0.2) is 0 Å². The molecule has 2 aliphatic heterocycles. The molecule has 2 saturated heterocycles. The van der Waals surface area contributed by atoms with Gasteiger partial charge in [0.25, 0.3) is 0 Å². The third-order valence-corrected chi connectivity index (χ3v) is 3.24. The van der Waals surface area contributed by atoms with Gasteiger partial charge in [-0.1, -0.05) is 0 Å². The molecule has 0 aromatic rings. The number of carbonyl (C=O) groups is 1. The zero-order valence-corrected chi connectivity index (χ0v) is 8.57. The SMILES string of the molecule is CC1CC(O)CN1CC1CNC(=O)C1. The van der Waals surface area contributed by atoms with Gasteiger partial charge >= 0.3 is 0 Å². The molecular formula is C10H18N2O2. The largest absolute Gasteiger partial charge is 0.392 e. The summed E-state index contributed by atoms with van der Waals surface area (Å²) in [5.74, 6) is 0.609. The molecule has 3 atom stereocenters. The molecule has 2 heterocycles. The van der Waals surface area contributed by atoms with Crippen molar-refractivity contribution < 1.29 is 9.90 Å². The topological polar surface area (TPSA) is 52.6 Å². The van der Waals surface area contributed by atoms with Gasteiger partial charge in [-0.2, -0.15) is 0 Å². The van der Waals surface area contributed by atoms with E-state index >= 15 is 0 Å². The van der Waals surface area contributed by atoms with Gasteiger partial charge in [0.05, 0.1) is 6.10 Å². The minimum absolute atomic E-state index is 0.169. The van der Waals surface area contributed by atoms with Gasteiger partial charge in [0.15, 0.2) is 0 Å². The third kappa shape index (κ3) is 2.07. The Morgan fingerprint density at radius 1 is 1.64 bits per heavy atom. The minimum atomic E-state index is -0.171. The summed E-state index contributed by atoms with van der Waals surface area (Å²) < 4.78 is 0. The van der Waals surface area contributed by atoms with Gasteiger partial charge in [-0.05, 0) is 19.3 Å². The highest BCUT2D eigenvalue weighted by Gasteiger charge is 2.31. The molecule has 0 aliphatic carbocycles. The molecule has 0 spiro atoms. The Kier molecular flexibility index (Phi) is 2.74. The van der Waals surface area contributed by atoms with E-state index in [4.69, 9.17) is 0 Å². The number of hydrogen-bond donors (Lipinski definition) is 2. The van der Waals surface area contributed by atoms with E-state index in [1.807, 2.05) is 0 Å². The van der Waals surface area contributed by atoms with Crippen LogP contribution < -0.4 is 5.32 Å². The summed E-state index contributed by atoms with van der Waals surface area (Å²) in [6.45, 7) is 4.65. The van der Waals surface area contributed by atoms with Gasteiger partial charge < -0.3 is 10.4 Å². The fourth-order valence-corrected chi connectivity index (χ4v) is 2.45. The quantitative estimate of drug-likeness (QED) is 0.633. The molecule has 0 radical (unpaired) electrons. The number of aliphatic hydroxyl groups excluding tert-OH is 1. The Labute approximate surface area is 84.3 Å². The van der Waals surface area contributed by atoms with Crippen molar-refractivity contribution in [1.29, 1.82) is 0 Å².